The summed E-state index contributed by atoms with van der Waals surface area (Å²) in [5, 5.41) is 11.2. The van der Waals surface area contributed by atoms with Crippen LogP contribution in [0.4, 0.5) is 5.69 Å². The summed E-state index contributed by atoms with van der Waals surface area (Å²) in [5.74, 6) is 0. The number of likely N-dealkylation sites (N-methyl/N-ethyl adjacent to an activating group) is 1. The number of rotatable bonds is 10. The molecule has 3 heteroatoms. The lowest BCUT2D eigenvalue weighted by molar-refractivity contribution is -0.595. The normalized spacial score (nSPS) is 21.3. The summed E-state index contributed by atoms with van der Waals surface area (Å²) in [6, 6.07) is 14.5. The molecule has 0 aliphatic carbocycles. The third-order valence-electron chi connectivity index (χ3n) is 6.23. The van der Waals surface area contributed by atoms with Gasteiger partial charge < -0.3 is 5.11 Å². The van der Waals surface area contributed by atoms with Crippen LogP contribution in [-0.2, 0) is 0 Å². The van der Waals surface area contributed by atoms with Crippen molar-refractivity contribution in [2.75, 3.05) is 7.05 Å². The number of para-hydroxylation sites is 2. The summed E-state index contributed by atoms with van der Waals surface area (Å²) in [5.41, 5.74) is 4.57. The molecule has 0 amide bonds. The quantitative estimate of drug-likeness (QED) is 0.283. The molecule has 0 radical (unpaired) electrons. The standard InChI is InChI=1S/C27H38N2O/c1-4-5-6-7-8-9-11-16-24-21-23(2)27(30)29(3,22-24)26-18-13-12-17-25(26)28-19-14-10-15-20-28/h10,12-15,17-22,27,30H,4-9,11,16H2,1-3H3/q+2. The first-order valence-electron chi connectivity index (χ1n) is 11.6. The molecule has 1 N–H and O–H groups in total. The second-order valence-corrected chi connectivity index (χ2v) is 8.76. The van der Waals surface area contributed by atoms with Gasteiger partial charge in [0.25, 0.3) is 5.69 Å². The van der Waals surface area contributed by atoms with E-state index in [9.17, 15) is 5.11 Å². The van der Waals surface area contributed by atoms with Crippen LogP contribution in [0.2, 0.25) is 0 Å². The van der Waals surface area contributed by atoms with Crippen LogP contribution in [-0.4, -0.2) is 18.4 Å². The Morgan fingerprint density at radius 2 is 1.57 bits per heavy atom. The summed E-state index contributed by atoms with van der Waals surface area (Å²) in [7, 11) is 2.12. The van der Waals surface area contributed by atoms with E-state index >= 15 is 0 Å². The number of quaternary nitrogens is 1. The number of hydrogen-bond acceptors (Lipinski definition) is 1. The Morgan fingerprint density at radius 1 is 0.900 bits per heavy atom. The zero-order valence-electron chi connectivity index (χ0n) is 18.9. The van der Waals surface area contributed by atoms with Crippen LogP contribution < -0.4 is 9.05 Å². The van der Waals surface area contributed by atoms with E-state index in [1.165, 1.54) is 50.5 Å². The van der Waals surface area contributed by atoms with E-state index in [-0.39, 0.29) is 0 Å². The van der Waals surface area contributed by atoms with Gasteiger partial charge in [0.1, 0.15) is 6.20 Å². The minimum atomic E-state index is -0.576. The third kappa shape index (κ3) is 5.27. The maximum Gasteiger partial charge on any atom is 0.272 e. The fourth-order valence-corrected chi connectivity index (χ4v) is 4.52. The highest BCUT2D eigenvalue weighted by Crippen LogP contribution is 2.36. The number of allylic oxidation sites excluding steroid dienone is 2. The number of pyridine rings is 1. The molecule has 0 saturated carbocycles. The van der Waals surface area contributed by atoms with Crippen LogP contribution in [0, 0.1) is 0 Å². The SMILES string of the molecule is CCCCCCCCCC1=C[N+](C)(c2ccccc2-[n+]2ccccc2)C(O)C(C)=C1. The Bertz CT molecular complexity index is 871. The van der Waals surface area contributed by atoms with Gasteiger partial charge in [0, 0.05) is 35.4 Å². The van der Waals surface area contributed by atoms with Gasteiger partial charge in [-0.2, -0.15) is 4.57 Å². The molecule has 3 rings (SSSR count). The van der Waals surface area contributed by atoms with E-state index in [1.807, 2.05) is 18.2 Å². The smallest absolute Gasteiger partial charge is 0.272 e. The molecular weight excluding hydrogens is 368 g/mol. The van der Waals surface area contributed by atoms with Crippen molar-refractivity contribution in [1.29, 1.82) is 0 Å². The van der Waals surface area contributed by atoms with E-state index < -0.39 is 6.23 Å². The maximum atomic E-state index is 11.2. The number of aliphatic hydroxyl groups excluding tert-OH is 1. The molecule has 1 aliphatic rings. The molecular formula is C27H38N2O+2. The van der Waals surface area contributed by atoms with Gasteiger partial charge in [0.2, 0.25) is 11.9 Å². The molecule has 1 aromatic heterocycles. The van der Waals surface area contributed by atoms with Crippen LogP contribution in [0.25, 0.3) is 5.69 Å². The molecule has 0 spiro atoms. The van der Waals surface area contributed by atoms with E-state index in [4.69, 9.17) is 0 Å². The van der Waals surface area contributed by atoms with Crippen LogP contribution in [0.15, 0.2) is 78.3 Å². The Labute approximate surface area is 182 Å². The molecule has 0 fully saturated rings. The van der Waals surface area contributed by atoms with Gasteiger partial charge >= 0.3 is 0 Å². The van der Waals surface area contributed by atoms with Crippen LogP contribution >= 0.6 is 0 Å². The minimum Gasteiger partial charge on any atom is -0.341 e. The summed E-state index contributed by atoms with van der Waals surface area (Å²) < 4.78 is 2.51. The molecule has 160 valence electrons. The lowest BCUT2D eigenvalue weighted by Crippen LogP contribution is -2.53. The number of aromatic nitrogens is 1. The first-order valence-corrected chi connectivity index (χ1v) is 11.6. The second-order valence-electron chi connectivity index (χ2n) is 8.76. The Balaban J connectivity index is 1.79. The van der Waals surface area contributed by atoms with Gasteiger partial charge in [-0.1, -0.05) is 63.6 Å². The van der Waals surface area contributed by atoms with E-state index in [0.29, 0.717) is 4.48 Å². The van der Waals surface area contributed by atoms with Crippen molar-refractivity contribution >= 4 is 5.69 Å². The van der Waals surface area contributed by atoms with Crippen LogP contribution in [0.1, 0.15) is 65.2 Å². The second kappa shape index (κ2) is 10.7. The van der Waals surface area contributed by atoms with E-state index in [1.54, 1.807) is 0 Å². The predicted molar refractivity (Wildman–Crippen MR) is 126 cm³/mol. The highest BCUT2D eigenvalue weighted by Gasteiger charge is 2.40. The molecule has 30 heavy (non-hydrogen) atoms. The molecule has 1 aliphatic heterocycles. The van der Waals surface area contributed by atoms with E-state index in [2.05, 4.69) is 74.4 Å². The summed E-state index contributed by atoms with van der Waals surface area (Å²) >= 11 is 0. The molecule has 0 saturated heterocycles. The van der Waals surface area contributed by atoms with Crippen molar-refractivity contribution in [3.8, 4) is 5.69 Å². The largest absolute Gasteiger partial charge is 0.341 e. The zero-order chi connectivity index (χ0) is 21.4. The topological polar surface area (TPSA) is 24.1 Å². The summed E-state index contributed by atoms with van der Waals surface area (Å²) in [6.07, 6.45) is 18.3. The number of hydrogen-bond donors (Lipinski definition) is 1. The Kier molecular flexibility index (Phi) is 8.01. The molecule has 1 aromatic carbocycles. The first kappa shape index (κ1) is 22.5. The number of benzene rings is 1. The number of aliphatic hydroxyl groups is 1. The van der Waals surface area contributed by atoms with Gasteiger partial charge in [-0.15, -0.1) is 0 Å². The Morgan fingerprint density at radius 3 is 2.30 bits per heavy atom. The van der Waals surface area contributed by atoms with Gasteiger partial charge in [0.05, 0.1) is 7.05 Å². The van der Waals surface area contributed by atoms with Crippen LogP contribution in [0.5, 0.6) is 0 Å². The predicted octanol–water partition coefficient (Wildman–Crippen LogP) is 6.20. The first-order chi connectivity index (χ1) is 14.6. The monoisotopic (exact) mass is 406 g/mol. The minimum absolute atomic E-state index is 0.381. The Hall–Kier alpha value is -2.23. The molecule has 2 atom stereocenters. The fraction of sp³-hybridized carbons (Fsp3) is 0.444. The van der Waals surface area contributed by atoms with Crippen molar-refractivity contribution in [2.24, 2.45) is 0 Å². The highest BCUT2D eigenvalue weighted by molar-refractivity contribution is 5.59. The summed E-state index contributed by atoms with van der Waals surface area (Å²) in [6.45, 7) is 4.32. The average molecular weight is 407 g/mol. The van der Waals surface area contributed by atoms with Crippen molar-refractivity contribution < 1.29 is 9.67 Å². The molecule has 0 bridgehead atoms. The van der Waals surface area contributed by atoms with E-state index in [0.717, 1.165) is 23.4 Å². The lowest BCUT2D eigenvalue weighted by atomic mass is 9.98. The maximum absolute atomic E-state index is 11.2. The molecule has 3 nitrogen and oxygen atoms in total. The highest BCUT2D eigenvalue weighted by atomic mass is 16.3. The molecule has 2 aromatic rings. The van der Waals surface area contributed by atoms with Gasteiger partial charge in [-0.25, -0.2) is 4.48 Å². The zero-order valence-corrected chi connectivity index (χ0v) is 18.9. The molecule has 2 heterocycles. The van der Waals surface area contributed by atoms with Crippen molar-refractivity contribution in [2.45, 2.75) is 71.4 Å². The third-order valence-corrected chi connectivity index (χ3v) is 6.23. The van der Waals surface area contributed by atoms with Gasteiger partial charge in [0.15, 0.2) is 12.4 Å². The number of unbranched alkanes of at least 4 members (excludes halogenated alkanes) is 6. The van der Waals surface area contributed by atoms with Crippen molar-refractivity contribution in [3.05, 3.63) is 78.3 Å². The molecule has 2 unspecified atom stereocenters. The van der Waals surface area contributed by atoms with Gasteiger partial charge in [-0.3, -0.25) is 0 Å². The van der Waals surface area contributed by atoms with Crippen LogP contribution in [0.3, 0.4) is 0 Å². The fourth-order valence-electron chi connectivity index (χ4n) is 4.52. The van der Waals surface area contributed by atoms with Crippen molar-refractivity contribution in [3.63, 3.8) is 0 Å². The van der Waals surface area contributed by atoms with Gasteiger partial charge in [-0.05, 0) is 25.8 Å². The number of nitrogens with zero attached hydrogens (tertiary/aromatic N) is 2. The summed E-state index contributed by atoms with van der Waals surface area (Å²) in [4.78, 5) is 0. The lowest BCUT2D eigenvalue weighted by Gasteiger charge is -2.37. The average Bonchev–Trinajstić information content (AvgIpc) is 2.77. The van der Waals surface area contributed by atoms with Crippen molar-refractivity contribution in [1.82, 2.24) is 4.48 Å².